The highest BCUT2D eigenvalue weighted by Crippen LogP contribution is 2.12. The molecule has 0 amide bonds. The lowest BCUT2D eigenvalue weighted by Gasteiger charge is -2.01. The van der Waals surface area contributed by atoms with E-state index in [4.69, 9.17) is 15.3 Å². The summed E-state index contributed by atoms with van der Waals surface area (Å²) < 4.78 is 22.7. The predicted octanol–water partition coefficient (Wildman–Crippen LogP) is 2.26. The fourth-order valence-electron chi connectivity index (χ4n) is 1.95. The maximum absolute atomic E-state index is 11.4. The van der Waals surface area contributed by atoms with Crippen LogP contribution >= 0.6 is 0 Å². The van der Waals surface area contributed by atoms with E-state index >= 15 is 0 Å². The lowest BCUT2D eigenvalue weighted by molar-refractivity contribution is -0.137. The van der Waals surface area contributed by atoms with Crippen LogP contribution < -0.4 is 0 Å². The molecule has 0 aromatic heterocycles. The standard InChI is InChI=1S/C9H10O4S.C9H10O3/c1-7-2-4-8(5-3-7)14(12,13)6-9(10)11;10-8-3-1-2-7(6-8)4-5-9(11)12/h2-5H,6H2,1H3,(H,10,11);1-3,6,10H,4-5H2,(H,11,12). The first-order valence-electron chi connectivity index (χ1n) is 7.61. The Morgan fingerprint density at radius 3 is 2.08 bits per heavy atom. The number of phenolic OH excluding ortho intramolecular Hbond substituents is 1. The van der Waals surface area contributed by atoms with Gasteiger partial charge in [-0.2, -0.15) is 0 Å². The van der Waals surface area contributed by atoms with Gasteiger partial charge in [-0.15, -0.1) is 0 Å². The second kappa shape index (κ2) is 9.57. The Kier molecular flexibility index (Phi) is 7.79. The topological polar surface area (TPSA) is 129 Å². The number of carboxylic acid groups (broad SMARTS) is 2. The van der Waals surface area contributed by atoms with Crippen molar-refractivity contribution in [2.75, 3.05) is 5.75 Å². The molecule has 2 aromatic carbocycles. The molecule has 0 aliphatic rings. The largest absolute Gasteiger partial charge is 0.508 e. The van der Waals surface area contributed by atoms with Crippen molar-refractivity contribution in [2.45, 2.75) is 24.7 Å². The monoisotopic (exact) mass is 380 g/mol. The van der Waals surface area contributed by atoms with E-state index in [1.165, 1.54) is 12.1 Å². The number of carboxylic acids is 2. The third kappa shape index (κ3) is 7.80. The minimum atomic E-state index is -3.68. The second-order valence-electron chi connectivity index (χ2n) is 5.53. The number of aryl methyl sites for hydroxylation is 2. The minimum Gasteiger partial charge on any atom is -0.508 e. The average Bonchev–Trinajstić information content (AvgIpc) is 2.53. The van der Waals surface area contributed by atoms with Gasteiger partial charge < -0.3 is 15.3 Å². The summed E-state index contributed by atoms with van der Waals surface area (Å²) in [5.74, 6) is -2.85. The highest BCUT2D eigenvalue weighted by atomic mass is 32.2. The van der Waals surface area contributed by atoms with E-state index in [9.17, 15) is 18.0 Å². The van der Waals surface area contributed by atoms with E-state index in [1.54, 1.807) is 36.4 Å². The number of benzene rings is 2. The van der Waals surface area contributed by atoms with Crippen LogP contribution in [0.25, 0.3) is 0 Å². The Morgan fingerprint density at radius 2 is 1.58 bits per heavy atom. The first-order chi connectivity index (χ1) is 12.1. The Bertz CT molecular complexity index is 855. The number of hydrogen-bond donors (Lipinski definition) is 3. The summed E-state index contributed by atoms with van der Waals surface area (Å²) in [5, 5.41) is 25.8. The maximum Gasteiger partial charge on any atom is 0.319 e. The molecule has 8 heteroatoms. The molecule has 0 aliphatic carbocycles. The van der Waals surface area contributed by atoms with Crippen LogP contribution in [0.3, 0.4) is 0 Å². The SMILES string of the molecule is Cc1ccc(S(=O)(=O)CC(=O)O)cc1.O=C(O)CCc1cccc(O)c1. The molecule has 26 heavy (non-hydrogen) atoms. The minimum absolute atomic E-state index is 0.0468. The van der Waals surface area contributed by atoms with Crippen LogP contribution in [0.15, 0.2) is 53.4 Å². The molecule has 0 spiro atoms. The number of carbonyl (C=O) groups is 2. The van der Waals surface area contributed by atoms with Gasteiger partial charge in [0.05, 0.1) is 4.90 Å². The van der Waals surface area contributed by atoms with Gasteiger partial charge in [-0.05, 0) is 43.2 Å². The van der Waals surface area contributed by atoms with Gasteiger partial charge in [0.25, 0.3) is 0 Å². The smallest absolute Gasteiger partial charge is 0.319 e. The normalized spacial score (nSPS) is 10.5. The molecule has 0 bridgehead atoms. The number of phenols is 1. The van der Waals surface area contributed by atoms with Crippen molar-refractivity contribution >= 4 is 21.8 Å². The van der Waals surface area contributed by atoms with Gasteiger partial charge in [0.15, 0.2) is 15.6 Å². The molecule has 0 saturated heterocycles. The molecular weight excluding hydrogens is 360 g/mol. The molecule has 0 radical (unpaired) electrons. The molecule has 7 nitrogen and oxygen atoms in total. The van der Waals surface area contributed by atoms with Crippen molar-refractivity contribution in [1.82, 2.24) is 0 Å². The molecule has 0 unspecified atom stereocenters. The van der Waals surface area contributed by atoms with Gasteiger partial charge in [-0.3, -0.25) is 9.59 Å². The summed E-state index contributed by atoms with van der Waals surface area (Å²) in [4.78, 5) is 20.5. The lowest BCUT2D eigenvalue weighted by atomic mass is 10.1. The van der Waals surface area contributed by atoms with Gasteiger partial charge in [0.1, 0.15) is 5.75 Å². The van der Waals surface area contributed by atoms with Gasteiger partial charge in [0.2, 0.25) is 0 Å². The maximum atomic E-state index is 11.4. The first kappa shape index (κ1) is 21.2. The third-order valence-electron chi connectivity index (χ3n) is 3.23. The zero-order valence-electron chi connectivity index (χ0n) is 14.1. The molecule has 0 heterocycles. The Hall–Kier alpha value is -2.87. The van der Waals surface area contributed by atoms with E-state index in [0.717, 1.165) is 11.1 Å². The zero-order chi connectivity index (χ0) is 19.7. The van der Waals surface area contributed by atoms with E-state index < -0.39 is 27.5 Å². The first-order valence-corrected chi connectivity index (χ1v) is 9.26. The molecule has 2 rings (SSSR count). The highest BCUT2D eigenvalue weighted by Gasteiger charge is 2.17. The van der Waals surface area contributed by atoms with Gasteiger partial charge in [0, 0.05) is 6.42 Å². The van der Waals surface area contributed by atoms with Crippen LogP contribution in [0.1, 0.15) is 17.5 Å². The molecule has 2 aromatic rings. The number of aromatic hydroxyl groups is 1. The van der Waals surface area contributed by atoms with E-state index in [2.05, 4.69) is 0 Å². The number of rotatable bonds is 6. The van der Waals surface area contributed by atoms with Crippen molar-refractivity contribution in [3.8, 4) is 5.75 Å². The van der Waals surface area contributed by atoms with Gasteiger partial charge in [-0.1, -0.05) is 29.8 Å². The number of aliphatic carboxylic acids is 2. The molecular formula is C18H20O7S. The van der Waals surface area contributed by atoms with Crippen molar-refractivity contribution in [3.05, 3.63) is 59.7 Å². The fourth-order valence-corrected chi connectivity index (χ4v) is 3.00. The van der Waals surface area contributed by atoms with Gasteiger partial charge >= 0.3 is 11.9 Å². The van der Waals surface area contributed by atoms with E-state index in [0.29, 0.717) is 6.42 Å². The Morgan fingerprint density at radius 1 is 0.962 bits per heavy atom. The van der Waals surface area contributed by atoms with Crippen molar-refractivity contribution in [3.63, 3.8) is 0 Å². The fraction of sp³-hybridized carbons (Fsp3) is 0.222. The molecule has 0 atom stereocenters. The lowest BCUT2D eigenvalue weighted by Crippen LogP contribution is -2.15. The summed E-state index contributed by atoms with van der Waals surface area (Å²) in [5.41, 5.74) is 1.77. The predicted molar refractivity (Wildman–Crippen MR) is 94.9 cm³/mol. The molecule has 0 saturated carbocycles. The summed E-state index contributed by atoms with van der Waals surface area (Å²) in [6, 6.07) is 12.7. The summed E-state index contributed by atoms with van der Waals surface area (Å²) in [6.07, 6.45) is 0.563. The quantitative estimate of drug-likeness (QED) is 0.701. The summed E-state index contributed by atoms with van der Waals surface area (Å²) in [7, 11) is -3.68. The van der Waals surface area contributed by atoms with Crippen LogP contribution in [0.2, 0.25) is 0 Å². The second-order valence-corrected chi connectivity index (χ2v) is 7.52. The van der Waals surface area contributed by atoms with Crippen molar-refractivity contribution in [2.24, 2.45) is 0 Å². The van der Waals surface area contributed by atoms with Crippen molar-refractivity contribution < 1.29 is 33.3 Å². The number of sulfone groups is 1. The van der Waals surface area contributed by atoms with Crippen LogP contribution in [-0.2, 0) is 25.8 Å². The Balaban J connectivity index is 0.000000263. The third-order valence-corrected chi connectivity index (χ3v) is 4.85. The van der Waals surface area contributed by atoms with Crippen molar-refractivity contribution in [1.29, 1.82) is 0 Å². The zero-order valence-corrected chi connectivity index (χ0v) is 14.9. The van der Waals surface area contributed by atoms with E-state index in [1.807, 2.05) is 6.92 Å². The van der Waals surface area contributed by atoms with Crippen LogP contribution in [0, 0.1) is 6.92 Å². The van der Waals surface area contributed by atoms with Crippen LogP contribution in [0.4, 0.5) is 0 Å². The summed E-state index contributed by atoms with van der Waals surface area (Å²) in [6.45, 7) is 1.83. The molecule has 140 valence electrons. The molecule has 0 aliphatic heterocycles. The van der Waals surface area contributed by atoms with Crippen LogP contribution in [-0.4, -0.2) is 41.4 Å². The average molecular weight is 380 g/mol. The Labute approximate surface area is 151 Å². The van der Waals surface area contributed by atoms with Crippen LogP contribution in [0.5, 0.6) is 5.75 Å². The number of hydrogen-bond acceptors (Lipinski definition) is 5. The highest BCUT2D eigenvalue weighted by molar-refractivity contribution is 7.92. The van der Waals surface area contributed by atoms with E-state index in [-0.39, 0.29) is 17.1 Å². The summed E-state index contributed by atoms with van der Waals surface area (Å²) >= 11 is 0. The molecule has 3 N–H and O–H groups in total. The van der Waals surface area contributed by atoms with Gasteiger partial charge in [-0.25, -0.2) is 8.42 Å². The molecule has 0 fully saturated rings.